The van der Waals surface area contributed by atoms with Gasteiger partial charge in [-0.25, -0.2) is 4.52 Å². The number of hydrogen-bond donors (Lipinski definition) is 3. The van der Waals surface area contributed by atoms with Crippen LogP contribution in [0.1, 0.15) is 104 Å². The van der Waals surface area contributed by atoms with Crippen LogP contribution in [-0.2, 0) is 15.2 Å². The summed E-state index contributed by atoms with van der Waals surface area (Å²) in [5.41, 5.74) is 3.86. The number of aromatic nitrogens is 5. The number of anilines is 2. The van der Waals surface area contributed by atoms with Crippen LogP contribution in [0.4, 0.5) is 11.4 Å². The summed E-state index contributed by atoms with van der Waals surface area (Å²) in [6.45, 7) is 9.76. The number of piperidine rings is 2. The minimum atomic E-state index is -1.23. The Kier molecular flexibility index (Phi) is 10.4. The maximum absolute atomic E-state index is 13.5. The number of carbonyl (C=O) groups excluding carboxylic acids is 3. The molecule has 3 saturated heterocycles. The average molecular weight is 798 g/mol. The lowest BCUT2D eigenvalue weighted by molar-refractivity contribution is -0.134. The molecule has 59 heavy (non-hydrogen) atoms. The maximum Gasteiger partial charge on any atom is 0.274 e. The molecule has 1 atom stereocenters. The number of pyridine rings is 1. The molecular formula is C44H51N11O4. The molecule has 1 saturated carbocycles. The molecule has 1 aliphatic carbocycles. The van der Waals surface area contributed by atoms with Crippen LogP contribution in [0.25, 0.3) is 16.4 Å². The molecule has 15 heteroatoms. The zero-order valence-corrected chi connectivity index (χ0v) is 33.7. The quantitative estimate of drug-likeness (QED) is 0.185. The highest BCUT2D eigenvalue weighted by atomic mass is 16.3. The Labute approximate surface area is 343 Å². The fraction of sp³-hybridized carbons (Fsp3) is 0.477. The molecule has 15 nitrogen and oxygen atoms in total. The lowest BCUT2D eigenvalue weighted by Crippen LogP contribution is -2.55. The van der Waals surface area contributed by atoms with Crippen molar-refractivity contribution >= 4 is 45.5 Å². The number of fused-ring (bicyclic) bond motifs is 2. The first-order chi connectivity index (χ1) is 28.5. The van der Waals surface area contributed by atoms with E-state index < -0.39 is 5.60 Å². The Balaban J connectivity index is 0.770. The van der Waals surface area contributed by atoms with Crippen LogP contribution in [-0.4, -0.2) is 108 Å². The number of nitrogens with zero attached hydrogens (tertiary/aromatic N) is 9. The predicted molar refractivity (Wildman–Crippen MR) is 222 cm³/mol. The summed E-state index contributed by atoms with van der Waals surface area (Å²) in [5, 5.41) is 36.0. The van der Waals surface area contributed by atoms with Gasteiger partial charge in [-0.05, 0) is 101 Å². The molecule has 0 bridgehead atoms. The third kappa shape index (κ3) is 7.92. The smallest absolute Gasteiger partial charge is 0.274 e. The normalized spacial score (nSPS) is 22.7. The van der Waals surface area contributed by atoms with Crippen LogP contribution in [0.2, 0.25) is 0 Å². The van der Waals surface area contributed by atoms with Crippen molar-refractivity contribution in [3.05, 3.63) is 83.6 Å². The van der Waals surface area contributed by atoms with Gasteiger partial charge in [-0.1, -0.05) is 0 Å². The van der Waals surface area contributed by atoms with Crippen molar-refractivity contribution in [2.75, 3.05) is 49.5 Å². The highest BCUT2D eigenvalue weighted by molar-refractivity contribution is 6.05. The molecular weight excluding hydrogens is 747 g/mol. The van der Waals surface area contributed by atoms with Gasteiger partial charge in [0.05, 0.1) is 57.9 Å². The molecule has 0 radical (unpaired) electrons. The Morgan fingerprint density at radius 3 is 2.25 bits per heavy atom. The summed E-state index contributed by atoms with van der Waals surface area (Å²) in [4.78, 5) is 49.8. The van der Waals surface area contributed by atoms with Crippen molar-refractivity contribution in [3.63, 3.8) is 0 Å². The number of carbonyl (C=O) groups is 3. The van der Waals surface area contributed by atoms with Crippen LogP contribution in [0.3, 0.4) is 0 Å². The summed E-state index contributed by atoms with van der Waals surface area (Å²) in [5.74, 6) is -1.18. The van der Waals surface area contributed by atoms with Gasteiger partial charge in [0, 0.05) is 80.6 Å². The van der Waals surface area contributed by atoms with E-state index in [9.17, 15) is 24.8 Å². The summed E-state index contributed by atoms with van der Waals surface area (Å²) in [6, 6.07) is 16.4. The van der Waals surface area contributed by atoms with Gasteiger partial charge in [0.15, 0.2) is 0 Å². The van der Waals surface area contributed by atoms with Gasteiger partial charge in [0.1, 0.15) is 11.8 Å². The summed E-state index contributed by atoms with van der Waals surface area (Å²) >= 11 is 0. The Morgan fingerprint density at radius 2 is 1.59 bits per heavy atom. The monoisotopic (exact) mass is 797 g/mol. The lowest BCUT2D eigenvalue weighted by atomic mass is 9.89. The number of imide groups is 1. The molecule has 1 aromatic carbocycles. The minimum absolute atomic E-state index is 0.207. The molecule has 3 N–H and O–H groups in total. The second kappa shape index (κ2) is 15.8. The van der Waals surface area contributed by atoms with E-state index >= 15 is 0 Å². The van der Waals surface area contributed by atoms with Gasteiger partial charge < -0.3 is 15.3 Å². The second-order valence-electron chi connectivity index (χ2n) is 17.2. The van der Waals surface area contributed by atoms with E-state index in [1.165, 1.54) is 10.7 Å². The zero-order valence-electron chi connectivity index (χ0n) is 33.7. The van der Waals surface area contributed by atoms with Gasteiger partial charge >= 0.3 is 0 Å². The molecule has 306 valence electrons. The van der Waals surface area contributed by atoms with Crippen LogP contribution >= 0.6 is 0 Å². The van der Waals surface area contributed by atoms with Gasteiger partial charge in [-0.2, -0.15) is 15.5 Å². The highest BCUT2D eigenvalue weighted by Gasteiger charge is 2.34. The van der Waals surface area contributed by atoms with E-state index in [1.54, 1.807) is 32.0 Å². The lowest BCUT2D eigenvalue weighted by Gasteiger charge is -2.46. The van der Waals surface area contributed by atoms with Crippen molar-refractivity contribution in [2.45, 2.75) is 94.9 Å². The maximum atomic E-state index is 13.5. The third-order valence-electron chi connectivity index (χ3n) is 13.0. The largest absolute Gasteiger partial charge is 0.386 e. The van der Waals surface area contributed by atoms with E-state index in [4.69, 9.17) is 5.10 Å². The summed E-state index contributed by atoms with van der Waals surface area (Å²) in [6.07, 6.45) is 12.8. The second-order valence-corrected chi connectivity index (χ2v) is 17.2. The first kappa shape index (κ1) is 38.8. The van der Waals surface area contributed by atoms with Crippen molar-refractivity contribution in [1.82, 2.24) is 39.5 Å². The Morgan fingerprint density at radius 1 is 0.881 bits per heavy atom. The number of rotatable bonds is 8. The van der Waals surface area contributed by atoms with Gasteiger partial charge in [0.25, 0.3) is 5.91 Å². The van der Waals surface area contributed by atoms with Gasteiger partial charge in [-0.3, -0.25) is 39.2 Å². The Hall–Kier alpha value is -5.69. The topological polar surface area (TPSA) is 177 Å². The molecule has 0 spiro atoms. The summed E-state index contributed by atoms with van der Waals surface area (Å²) in [7, 11) is 0. The van der Waals surface area contributed by atoms with E-state index in [0.29, 0.717) is 53.0 Å². The SMILES string of the molecule is CC(C)(O)c1cc2nn(C3CCC(N4CCN(C5CCN(c6ccc(C7CCC(=O)NC7=O)nc6)CC5)CC4)CC3)cc2cc1NC(=O)c1ccc2cc(C#N)cnn12. The van der Waals surface area contributed by atoms with Crippen molar-refractivity contribution in [3.8, 4) is 6.07 Å². The molecule has 9 rings (SSSR count). The van der Waals surface area contributed by atoms with E-state index in [2.05, 4.69) is 58.4 Å². The van der Waals surface area contributed by atoms with Crippen LogP contribution in [0.5, 0.6) is 0 Å². The molecule has 4 aromatic heterocycles. The number of amides is 3. The van der Waals surface area contributed by atoms with Crippen molar-refractivity contribution in [2.24, 2.45) is 0 Å². The molecule has 1 unspecified atom stereocenters. The number of piperazine rings is 1. The van der Waals surface area contributed by atoms with Crippen molar-refractivity contribution in [1.29, 1.82) is 5.26 Å². The number of hydrogen-bond acceptors (Lipinski definition) is 11. The molecule has 7 heterocycles. The number of aliphatic hydroxyl groups is 1. The molecule has 5 aromatic rings. The number of benzene rings is 1. The Bertz CT molecular complexity index is 2420. The minimum Gasteiger partial charge on any atom is -0.386 e. The molecule has 4 fully saturated rings. The van der Waals surface area contributed by atoms with Crippen LogP contribution in [0, 0.1) is 11.3 Å². The van der Waals surface area contributed by atoms with Gasteiger partial charge in [0.2, 0.25) is 11.8 Å². The zero-order chi connectivity index (χ0) is 40.8. The fourth-order valence-electron chi connectivity index (χ4n) is 9.72. The highest BCUT2D eigenvalue weighted by Crippen LogP contribution is 2.36. The van der Waals surface area contributed by atoms with Crippen molar-refractivity contribution < 1.29 is 19.5 Å². The number of nitrogens with one attached hydrogen (secondary N) is 2. The first-order valence-corrected chi connectivity index (χ1v) is 21.0. The van der Waals surface area contributed by atoms with Crippen LogP contribution in [0.15, 0.2) is 61.1 Å². The molecule has 3 amide bonds. The van der Waals surface area contributed by atoms with E-state index in [1.807, 2.05) is 24.4 Å². The molecule has 3 aliphatic heterocycles. The van der Waals surface area contributed by atoms with Crippen LogP contribution < -0.4 is 15.5 Å². The van der Waals surface area contributed by atoms with E-state index in [-0.39, 0.29) is 29.7 Å². The first-order valence-electron chi connectivity index (χ1n) is 21.0. The van der Waals surface area contributed by atoms with Gasteiger partial charge in [-0.15, -0.1) is 0 Å². The molecule has 4 aliphatic rings. The number of nitriles is 1. The third-order valence-corrected chi connectivity index (χ3v) is 13.0. The standard InChI is InChI=1S/C44H51N11O4/c1-44(2,59)36-23-38-29(22-39(36)48-43(58)40-11-8-33-21-28(24-45)25-47-55(33)40)27-54(50-38)32-5-3-30(4-6-32)52-17-19-53(20-18-52)31-13-15-51(16-14-31)34-7-10-37(46-26-34)35-9-12-41(56)49-42(35)57/h7-8,10-11,21-23,25-27,30-32,35,59H,3-6,9,12-20H2,1-2H3,(H,48,58)(H,49,56,57). The average Bonchev–Trinajstić information content (AvgIpc) is 3.87. The predicted octanol–water partition coefficient (Wildman–Crippen LogP) is 4.72. The fourth-order valence-corrected chi connectivity index (χ4v) is 9.72. The summed E-state index contributed by atoms with van der Waals surface area (Å²) < 4.78 is 3.59. The van der Waals surface area contributed by atoms with E-state index in [0.717, 1.165) is 100 Å².